The van der Waals surface area contributed by atoms with Crippen molar-refractivity contribution < 1.29 is 14.6 Å². The van der Waals surface area contributed by atoms with Gasteiger partial charge < -0.3 is 9.84 Å². The van der Waals surface area contributed by atoms with Gasteiger partial charge in [-0.15, -0.1) is 0 Å². The molecule has 1 aliphatic rings. The standard InChI is InChI=1S/C13H16O3/c1-8(13(15)16-2)11-6-4-9-3-5-10(14)7-12(9)11/h3,5,7-8,11,14H,4,6H2,1-2H3. The summed E-state index contributed by atoms with van der Waals surface area (Å²) in [4.78, 5) is 11.5. The van der Waals surface area contributed by atoms with Crippen LogP contribution in [0.15, 0.2) is 18.2 Å². The zero-order chi connectivity index (χ0) is 11.7. The molecule has 1 N–H and O–H groups in total. The molecule has 0 aliphatic heterocycles. The van der Waals surface area contributed by atoms with E-state index in [0.29, 0.717) is 0 Å². The predicted molar refractivity (Wildman–Crippen MR) is 60.3 cm³/mol. The van der Waals surface area contributed by atoms with Crippen LogP contribution in [0, 0.1) is 5.92 Å². The number of aromatic hydroxyl groups is 1. The van der Waals surface area contributed by atoms with E-state index in [1.165, 1.54) is 12.7 Å². The van der Waals surface area contributed by atoms with Crippen LogP contribution in [0.3, 0.4) is 0 Å². The Morgan fingerprint density at radius 3 is 3.00 bits per heavy atom. The third-order valence-electron chi connectivity index (χ3n) is 3.43. The largest absolute Gasteiger partial charge is 0.508 e. The number of phenolic OH excluding ortho intramolecular Hbond substituents is 1. The molecule has 2 unspecified atom stereocenters. The molecule has 3 heteroatoms. The minimum atomic E-state index is -0.179. The molecule has 0 aromatic heterocycles. The molecule has 0 bridgehead atoms. The van der Waals surface area contributed by atoms with Crippen molar-refractivity contribution in [2.75, 3.05) is 7.11 Å². The molecule has 86 valence electrons. The molecule has 0 fully saturated rings. The van der Waals surface area contributed by atoms with E-state index in [0.717, 1.165) is 18.4 Å². The van der Waals surface area contributed by atoms with Crippen LogP contribution in [-0.2, 0) is 16.0 Å². The van der Waals surface area contributed by atoms with E-state index in [2.05, 4.69) is 0 Å². The average Bonchev–Trinajstić information content (AvgIpc) is 2.69. The van der Waals surface area contributed by atoms with Gasteiger partial charge >= 0.3 is 5.97 Å². The fraction of sp³-hybridized carbons (Fsp3) is 0.462. The van der Waals surface area contributed by atoms with Crippen molar-refractivity contribution in [3.05, 3.63) is 29.3 Å². The molecule has 0 heterocycles. The maximum absolute atomic E-state index is 11.5. The second-order valence-electron chi connectivity index (χ2n) is 4.34. The summed E-state index contributed by atoms with van der Waals surface area (Å²) in [5.74, 6) is 0.117. The number of carbonyl (C=O) groups excluding carboxylic acids is 1. The highest BCUT2D eigenvalue weighted by Gasteiger charge is 2.31. The topological polar surface area (TPSA) is 46.5 Å². The van der Waals surface area contributed by atoms with Crippen LogP contribution in [0.1, 0.15) is 30.4 Å². The van der Waals surface area contributed by atoms with Crippen LogP contribution in [0.5, 0.6) is 5.75 Å². The number of methoxy groups -OCH3 is 1. The summed E-state index contributed by atoms with van der Waals surface area (Å²) in [6.07, 6.45) is 1.93. The van der Waals surface area contributed by atoms with Gasteiger partial charge in [-0.3, -0.25) is 4.79 Å². The van der Waals surface area contributed by atoms with E-state index >= 15 is 0 Å². The monoisotopic (exact) mass is 220 g/mol. The maximum atomic E-state index is 11.5. The van der Waals surface area contributed by atoms with Gasteiger partial charge in [-0.2, -0.15) is 0 Å². The Labute approximate surface area is 95.0 Å². The summed E-state index contributed by atoms with van der Waals surface area (Å²) in [7, 11) is 1.41. The number of carbonyl (C=O) groups is 1. The molecule has 0 saturated heterocycles. The third-order valence-corrected chi connectivity index (χ3v) is 3.43. The number of ether oxygens (including phenoxy) is 1. The summed E-state index contributed by atoms with van der Waals surface area (Å²) in [5.41, 5.74) is 2.33. The number of esters is 1. The van der Waals surface area contributed by atoms with E-state index < -0.39 is 0 Å². The lowest BCUT2D eigenvalue weighted by molar-refractivity contribution is -0.145. The zero-order valence-electron chi connectivity index (χ0n) is 9.56. The van der Waals surface area contributed by atoms with E-state index in [-0.39, 0.29) is 23.6 Å². The van der Waals surface area contributed by atoms with Crippen LogP contribution in [-0.4, -0.2) is 18.2 Å². The van der Waals surface area contributed by atoms with Gasteiger partial charge in [0.2, 0.25) is 0 Å². The minimum Gasteiger partial charge on any atom is -0.508 e. The second-order valence-corrected chi connectivity index (χ2v) is 4.34. The van der Waals surface area contributed by atoms with Crippen LogP contribution in [0.2, 0.25) is 0 Å². The minimum absolute atomic E-state index is 0.145. The molecule has 3 nitrogen and oxygen atoms in total. The number of benzene rings is 1. The van der Waals surface area contributed by atoms with Crippen molar-refractivity contribution in [2.45, 2.75) is 25.7 Å². The van der Waals surface area contributed by atoms with Crippen molar-refractivity contribution in [2.24, 2.45) is 5.92 Å². The normalized spacial score (nSPS) is 20.2. The molecule has 0 saturated carbocycles. The second kappa shape index (κ2) is 4.16. The highest BCUT2D eigenvalue weighted by atomic mass is 16.5. The van der Waals surface area contributed by atoms with Gasteiger partial charge in [-0.25, -0.2) is 0 Å². The van der Waals surface area contributed by atoms with Gasteiger partial charge in [0.05, 0.1) is 13.0 Å². The number of rotatable bonds is 2. The van der Waals surface area contributed by atoms with E-state index in [9.17, 15) is 9.90 Å². The molecule has 2 atom stereocenters. The lowest BCUT2D eigenvalue weighted by atomic mass is 9.88. The lowest BCUT2D eigenvalue weighted by Gasteiger charge is -2.18. The maximum Gasteiger partial charge on any atom is 0.308 e. The number of hydrogen-bond acceptors (Lipinski definition) is 3. The zero-order valence-corrected chi connectivity index (χ0v) is 9.56. The van der Waals surface area contributed by atoms with Crippen molar-refractivity contribution in [3.63, 3.8) is 0 Å². The van der Waals surface area contributed by atoms with Crippen molar-refractivity contribution in [3.8, 4) is 5.75 Å². The molecule has 0 spiro atoms. The molecule has 1 aromatic carbocycles. The summed E-state index contributed by atoms with van der Waals surface area (Å²) in [6, 6.07) is 5.41. The number of fused-ring (bicyclic) bond motifs is 1. The van der Waals surface area contributed by atoms with E-state index in [1.54, 1.807) is 12.1 Å². The fourth-order valence-corrected chi connectivity index (χ4v) is 2.49. The molecule has 1 aromatic rings. The van der Waals surface area contributed by atoms with Gasteiger partial charge in [0.1, 0.15) is 5.75 Å². The summed E-state index contributed by atoms with van der Waals surface area (Å²) in [5, 5.41) is 9.48. The Morgan fingerprint density at radius 2 is 2.31 bits per heavy atom. The Hall–Kier alpha value is -1.51. The molecule has 0 amide bonds. The Morgan fingerprint density at radius 1 is 1.56 bits per heavy atom. The molecule has 16 heavy (non-hydrogen) atoms. The Kier molecular flexibility index (Phi) is 2.86. The molecular weight excluding hydrogens is 204 g/mol. The van der Waals surface area contributed by atoms with E-state index in [4.69, 9.17) is 4.74 Å². The summed E-state index contributed by atoms with van der Waals surface area (Å²) in [6.45, 7) is 1.88. The molecule has 2 rings (SSSR count). The molecular formula is C13H16O3. The van der Waals surface area contributed by atoms with Crippen molar-refractivity contribution in [1.29, 1.82) is 0 Å². The van der Waals surface area contributed by atoms with Crippen LogP contribution in [0.4, 0.5) is 0 Å². The molecule has 0 radical (unpaired) electrons. The van der Waals surface area contributed by atoms with Gasteiger partial charge in [0, 0.05) is 0 Å². The fourth-order valence-electron chi connectivity index (χ4n) is 2.49. The third kappa shape index (κ3) is 1.77. The summed E-state index contributed by atoms with van der Waals surface area (Å²) < 4.78 is 4.77. The van der Waals surface area contributed by atoms with Gasteiger partial charge in [-0.1, -0.05) is 13.0 Å². The van der Waals surface area contributed by atoms with Gasteiger partial charge in [-0.05, 0) is 42.0 Å². The van der Waals surface area contributed by atoms with Gasteiger partial charge in [0.15, 0.2) is 0 Å². The van der Waals surface area contributed by atoms with E-state index in [1.807, 2.05) is 13.0 Å². The van der Waals surface area contributed by atoms with Gasteiger partial charge in [0.25, 0.3) is 0 Å². The highest BCUT2D eigenvalue weighted by Crippen LogP contribution is 2.40. The van der Waals surface area contributed by atoms with Crippen molar-refractivity contribution in [1.82, 2.24) is 0 Å². The van der Waals surface area contributed by atoms with Crippen molar-refractivity contribution >= 4 is 5.97 Å². The lowest BCUT2D eigenvalue weighted by Crippen LogP contribution is -2.19. The first-order valence-corrected chi connectivity index (χ1v) is 5.53. The highest BCUT2D eigenvalue weighted by molar-refractivity contribution is 5.73. The number of hydrogen-bond donors (Lipinski definition) is 1. The first-order chi connectivity index (χ1) is 7.63. The summed E-state index contributed by atoms with van der Waals surface area (Å²) >= 11 is 0. The van der Waals surface area contributed by atoms with Crippen LogP contribution >= 0.6 is 0 Å². The Bertz CT molecular complexity index is 412. The first kappa shape index (κ1) is 11.0. The average molecular weight is 220 g/mol. The SMILES string of the molecule is COC(=O)C(C)C1CCc2ccc(O)cc21. The van der Waals surface area contributed by atoms with Crippen LogP contribution in [0.25, 0.3) is 0 Å². The smallest absolute Gasteiger partial charge is 0.308 e. The quantitative estimate of drug-likeness (QED) is 0.777. The first-order valence-electron chi connectivity index (χ1n) is 5.53. The molecule has 1 aliphatic carbocycles. The number of phenols is 1. The Balaban J connectivity index is 2.29. The van der Waals surface area contributed by atoms with Crippen LogP contribution < -0.4 is 0 Å². The predicted octanol–water partition coefficient (Wildman–Crippen LogP) is 2.23. The number of aryl methyl sites for hydroxylation is 1.